The summed E-state index contributed by atoms with van der Waals surface area (Å²) in [5.74, 6) is 0.661. The van der Waals surface area contributed by atoms with Crippen LogP contribution in [-0.2, 0) is 0 Å². The fraction of sp³-hybridized carbons (Fsp3) is 0.550. The molecule has 1 unspecified atom stereocenters. The molecule has 0 amide bonds. The molecule has 25 heavy (non-hydrogen) atoms. The molecular weight excluding hydrogens is 336 g/mol. The summed E-state index contributed by atoms with van der Waals surface area (Å²) in [4.78, 5) is 14.5. The third-order valence-electron chi connectivity index (χ3n) is 5.98. The molecule has 1 aliphatic carbocycles. The minimum absolute atomic E-state index is 0.134. The largest absolute Gasteiger partial charge is 0.489 e. The van der Waals surface area contributed by atoms with Crippen molar-refractivity contribution in [1.82, 2.24) is 4.98 Å². The number of aromatic nitrogens is 1. The van der Waals surface area contributed by atoms with E-state index in [1.165, 1.54) is 0 Å². The van der Waals surface area contributed by atoms with Crippen LogP contribution in [0.3, 0.4) is 0 Å². The number of benzene rings is 1. The van der Waals surface area contributed by atoms with E-state index >= 15 is 0 Å². The number of hydrogen-bond donors (Lipinski definition) is 2. The number of pyridine rings is 1. The standard InChI is InChI=1S/C20H27ClN2O2/c1-3-18(22)20(4-2)8-5-14(6-9-20)25-17-11-13-7-10-23-19(24)15(13)12-16(17)21/h7,10-12,14,18H,3-6,8-9,22H2,1-2H3,(H,23,24). The van der Waals surface area contributed by atoms with Crippen LogP contribution in [-0.4, -0.2) is 17.1 Å². The van der Waals surface area contributed by atoms with Crippen molar-refractivity contribution < 1.29 is 4.74 Å². The smallest absolute Gasteiger partial charge is 0.255 e. The van der Waals surface area contributed by atoms with Crippen LogP contribution in [0.15, 0.2) is 29.2 Å². The van der Waals surface area contributed by atoms with Crippen molar-refractivity contribution in [2.75, 3.05) is 0 Å². The third kappa shape index (κ3) is 3.56. The predicted molar refractivity (Wildman–Crippen MR) is 103 cm³/mol. The summed E-state index contributed by atoms with van der Waals surface area (Å²) in [7, 11) is 0. The quantitative estimate of drug-likeness (QED) is 0.814. The zero-order valence-electron chi connectivity index (χ0n) is 15.0. The zero-order chi connectivity index (χ0) is 18.0. The molecule has 1 heterocycles. The van der Waals surface area contributed by atoms with Crippen molar-refractivity contribution in [1.29, 1.82) is 0 Å². The highest BCUT2D eigenvalue weighted by Gasteiger charge is 2.38. The molecule has 2 aromatic rings. The van der Waals surface area contributed by atoms with Gasteiger partial charge in [0, 0.05) is 17.6 Å². The third-order valence-corrected chi connectivity index (χ3v) is 6.27. The van der Waals surface area contributed by atoms with Gasteiger partial charge in [-0.3, -0.25) is 4.79 Å². The maximum atomic E-state index is 11.9. The Morgan fingerprint density at radius 1 is 1.36 bits per heavy atom. The first-order chi connectivity index (χ1) is 12.0. The van der Waals surface area contributed by atoms with Gasteiger partial charge in [0.2, 0.25) is 0 Å². The molecule has 1 aromatic carbocycles. The Morgan fingerprint density at radius 2 is 2.08 bits per heavy atom. The number of aromatic amines is 1. The van der Waals surface area contributed by atoms with Gasteiger partial charge in [0.15, 0.2) is 0 Å². The Kier molecular flexibility index (Phi) is 5.40. The Labute approximate surface area is 153 Å². The van der Waals surface area contributed by atoms with Gasteiger partial charge in [0.1, 0.15) is 5.75 Å². The maximum absolute atomic E-state index is 11.9. The van der Waals surface area contributed by atoms with Gasteiger partial charge in [-0.1, -0.05) is 25.4 Å². The highest BCUT2D eigenvalue weighted by Crippen LogP contribution is 2.43. The fourth-order valence-electron chi connectivity index (χ4n) is 4.16. The topological polar surface area (TPSA) is 68.1 Å². The van der Waals surface area contributed by atoms with E-state index in [0.717, 1.165) is 43.9 Å². The number of rotatable bonds is 5. The Morgan fingerprint density at radius 3 is 2.72 bits per heavy atom. The van der Waals surface area contributed by atoms with Crippen molar-refractivity contribution in [3.8, 4) is 5.75 Å². The van der Waals surface area contributed by atoms with Gasteiger partial charge in [-0.2, -0.15) is 0 Å². The minimum atomic E-state index is -0.134. The lowest BCUT2D eigenvalue weighted by molar-refractivity contribution is 0.0569. The molecule has 1 saturated carbocycles. The van der Waals surface area contributed by atoms with Crippen LogP contribution in [0, 0.1) is 5.41 Å². The predicted octanol–water partition coefficient (Wildman–Crippen LogP) is 4.64. The van der Waals surface area contributed by atoms with Crippen molar-refractivity contribution >= 4 is 22.4 Å². The van der Waals surface area contributed by atoms with Gasteiger partial charge in [-0.15, -0.1) is 0 Å². The highest BCUT2D eigenvalue weighted by molar-refractivity contribution is 6.32. The fourth-order valence-corrected chi connectivity index (χ4v) is 4.37. The molecule has 1 aliphatic rings. The van der Waals surface area contributed by atoms with E-state index in [2.05, 4.69) is 18.8 Å². The molecule has 3 rings (SSSR count). The van der Waals surface area contributed by atoms with Crippen molar-refractivity contribution in [2.45, 2.75) is 64.5 Å². The zero-order valence-corrected chi connectivity index (χ0v) is 15.7. The molecule has 0 radical (unpaired) electrons. The van der Waals surface area contributed by atoms with E-state index in [-0.39, 0.29) is 23.1 Å². The first-order valence-electron chi connectivity index (χ1n) is 9.22. The van der Waals surface area contributed by atoms with Crippen LogP contribution in [0.1, 0.15) is 52.4 Å². The van der Waals surface area contributed by atoms with Gasteiger partial charge in [-0.05, 0) is 67.5 Å². The van der Waals surface area contributed by atoms with Crippen molar-refractivity contribution in [3.63, 3.8) is 0 Å². The summed E-state index contributed by atoms with van der Waals surface area (Å²) in [6.07, 6.45) is 8.10. The molecule has 1 atom stereocenters. The normalized spacial score (nSPS) is 25.0. The Hall–Kier alpha value is -1.52. The average Bonchev–Trinajstić information content (AvgIpc) is 2.63. The van der Waals surface area contributed by atoms with Gasteiger partial charge >= 0.3 is 0 Å². The van der Waals surface area contributed by atoms with Gasteiger partial charge in [0.05, 0.1) is 11.1 Å². The molecular formula is C20H27ClN2O2. The molecule has 5 heteroatoms. The van der Waals surface area contributed by atoms with Crippen LogP contribution in [0.4, 0.5) is 0 Å². The SMILES string of the molecule is CCC(N)C1(CC)CCC(Oc2cc3cc[nH]c(=O)c3cc2Cl)CC1. The number of nitrogens with two attached hydrogens (primary N) is 1. The second kappa shape index (κ2) is 7.38. The summed E-state index contributed by atoms with van der Waals surface area (Å²) in [6, 6.07) is 5.68. The molecule has 0 spiro atoms. The van der Waals surface area contributed by atoms with E-state index in [4.69, 9.17) is 22.1 Å². The molecule has 4 nitrogen and oxygen atoms in total. The van der Waals surface area contributed by atoms with Gasteiger partial charge in [0.25, 0.3) is 5.56 Å². The first-order valence-corrected chi connectivity index (χ1v) is 9.60. The molecule has 1 aromatic heterocycles. The molecule has 0 bridgehead atoms. The average molecular weight is 363 g/mol. The maximum Gasteiger partial charge on any atom is 0.255 e. The number of nitrogens with one attached hydrogen (secondary N) is 1. The number of ether oxygens (including phenoxy) is 1. The van der Waals surface area contributed by atoms with Crippen LogP contribution >= 0.6 is 11.6 Å². The molecule has 1 fully saturated rings. The number of hydrogen-bond acceptors (Lipinski definition) is 3. The van der Waals surface area contributed by atoms with Crippen LogP contribution in [0.5, 0.6) is 5.75 Å². The number of fused-ring (bicyclic) bond motifs is 1. The second-order valence-corrected chi connectivity index (χ2v) is 7.63. The Balaban J connectivity index is 1.75. The summed E-state index contributed by atoms with van der Waals surface area (Å²) >= 11 is 6.35. The van der Waals surface area contributed by atoms with Crippen LogP contribution in [0.25, 0.3) is 10.8 Å². The molecule has 3 N–H and O–H groups in total. The van der Waals surface area contributed by atoms with Crippen LogP contribution in [0.2, 0.25) is 5.02 Å². The minimum Gasteiger partial charge on any atom is -0.489 e. The summed E-state index contributed by atoms with van der Waals surface area (Å²) < 4.78 is 6.20. The lowest BCUT2D eigenvalue weighted by Gasteiger charge is -2.43. The molecule has 0 aliphatic heterocycles. The van der Waals surface area contributed by atoms with Gasteiger partial charge in [-0.25, -0.2) is 0 Å². The van der Waals surface area contributed by atoms with E-state index in [9.17, 15) is 4.79 Å². The summed E-state index contributed by atoms with van der Waals surface area (Å²) in [5, 5.41) is 1.92. The number of halogens is 1. The monoisotopic (exact) mass is 362 g/mol. The van der Waals surface area contributed by atoms with Crippen LogP contribution < -0.4 is 16.0 Å². The number of H-pyrrole nitrogens is 1. The van der Waals surface area contributed by atoms with E-state index in [1.807, 2.05) is 12.1 Å². The molecule has 136 valence electrons. The second-order valence-electron chi connectivity index (χ2n) is 7.22. The lowest BCUT2D eigenvalue weighted by atomic mass is 9.66. The van der Waals surface area contributed by atoms with Gasteiger partial charge < -0.3 is 15.5 Å². The van der Waals surface area contributed by atoms with Crippen molar-refractivity contribution in [3.05, 3.63) is 39.8 Å². The lowest BCUT2D eigenvalue weighted by Crippen LogP contribution is -2.45. The highest BCUT2D eigenvalue weighted by atomic mass is 35.5. The molecule has 0 saturated heterocycles. The summed E-state index contributed by atoms with van der Waals surface area (Å²) in [6.45, 7) is 4.41. The van der Waals surface area contributed by atoms with E-state index < -0.39 is 0 Å². The van der Waals surface area contributed by atoms with E-state index in [0.29, 0.717) is 16.2 Å². The van der Waals surface area contributed by atoms with E-state index in [1.54, 1.807) is 12.3 Å². The Bertz CT molecular complexity index is 794. The first kappa shape index (κ1) is 18.3. The van der Waals surface area contributed by atoms with Crippen molar-refractivity contribution in [2.24, 2.45) is 11.1 Å². The summed E-state index contributed by atoms with van der Waals surface area (Å²) in [5.41, 5.74) is 6.51.